The van der Waals surface area contributed by atoms with Crippen LogP contribution in [0.5, 0.6) is 0 Å². The van der Waals surface area contributed by atoms with Crippen LogP contribution < -0.4 is 5.32 Å². The number of nitrogens with zero attached hydrogens (tertiary/aromatic N) is 1. The summed E-state index contributed by atoms with van der Waals surface area (Å²) in [6.07, 6.45) is 3.61. The Balaban J connectivity index is 2.18. The number of rotatable bonds is 8. The van der Waals surface area contributed by atoms with Crippen molar-refractivity contribution in [2.45, 2.75) is 52.5 Å². The predicted molar refractivity (Wildman–Crippen MR) is 78.0 cm³/mol. The Kier molecular flexibility index (Phi) is 7.20. The smallest absolute Gasteiger partial charge is 0.0593 e. The van der Waals surface area contributed by atoms with E-state index in [-0.39, 0.29) is 0 Å². The fraction of sp³-hybridized carbons (Fsp3) is 1.00. The van der Waals surface area contributed by atoms with E-state index in [0.29, 0.717) is 5.54 Å². The zero-order chi connectivity index (χ0) is 13.4. The SMILES string of the molecule is CCC1(CC)CN(CCOCCC(C)C)CCN1. The van der Waals surface area contributed by atoms with Gasteiger partial charge in [0.05, 0.1) is 6.61 Å². The summed E-state index contributed by atoms with van der Waals surface area (Å²) in [4.78, 5) is 2.55. The summed E-state index contributed by atoms with van der Waals surface area (Å²) in [5.41, 5.74) is 0.343. The first-order valence-electron chi connectivity index (χ1n) is 7.67. The molecular formula is C15H32N2O. The molecule has 0 aliphatic carbocycles. The first-order chi connectivity index (χ1) is 8.62. The van der Waals surface area contributed by atoms with Crippen LogP contribution in [0.15, 0.2) is 0 Å². The molecule has 0 spiro atoms. The molecule has 1 fully saturated rings. The number of ether oxygens (including phenoxy) is 1. The van der Waals surface area contributed by atoms with E-state index in [9.17, 15) is 0 Å². The maximum Gasteiger partial charge on any atom is 0.0593 e. The third-order valence-corrected chi connectivity index (χ3v) is 4.20. The summed E-state index contributed by atoms with van der Waals surface area (Å²) < 4.78 is 5.72. The maximum absolute atomic E-state index is 5.72. The average Bonchev–Trinajstić information content (AvgIpc) is 2.38. The van der Waals surface area contributed by atoms with Gasteiger partial charge in [-0.25, -0.2) is 0 Å². The van der Waals surface area contributed by atoms with Crippen LogP contribution in [0, 0.1) is 5.92 Å². The third-order valence-electron chi connectivity index (χ3n) is 4.20. The number of hydrogen-bond acceptors (Lipinski definition) is 3. The van der Waals surface area contributed by atoms with Crippen LogP contribution in [0.4, 0.5) is 0 Å². The van der Waals surface area contributed by atoms with E-state index < -0.39 is 0 Å². The highest BCUT2D eigenvalue weighted by Crippen LogP contribution is 2.19. The highest BCUT2D eigenvalue weighted by Gasteiger charge is 2.31. The molecule has 1 rings (SSSR count). The number of nitrogens with one attached hydrogen (secondary N) is 1. The molecule has 1 N–H and O–H groups in total. The van der Waals surface area contributed by atoms with Crippen LogP contribution in [0.25, 0.3) is 0 Å². The van der Waals surface area contributed by atoms with Gasteiger partial charge in [0.25, 0.3) is 0 Å². The summed E-state index contributed by atoms with van der Waals surface area (Å²) in [6, 6.07) is 0. The van der Waals surface area contributed by atoms with E-state index in [4.69, 9.17) is 4.74 Å². The average molecular weight is 256 g/mol. The Morgan fingerprint density at radius 3 is 2.56 bits per heavy atom. The van der Waals surface area contributed by atoms with Gasteiger partial charge in [0.15, 0.2) is 0 Å². The van der Waals surface area contributed by atoms with Crippen LogP contribution in [0.1, 0.15) is 47.0 Å². The standard InChI is InChI=1S/C15H32N2O/c1-5-15(6-2)13-17(9-8-16-15)10-12-18-11-7-14(3)4/h14,16H,5-13H2,1-4H3. The second-order valence-corrected chi connectivity index (χ2v) is 5.99. The topological polar surface area (TPSA) is 24.5 Å². The lowest BCUT2D eigenvalue weighted by Crippen LogP contribution is -2.60. The number of piperazine rings is 1. The van der Waals surface area contributed by atoms with E-state index in [0.717, 1.165) is 38.8 Å². The van der Waals surface area contributed by atoms with Crippen molar-refractivity contribution < 1.29 is 4.74 Å². The van der Waals surface area contributed by atoms with Crippen LogP contribution in [0.3, 0.4) is 0 Å². The van der Waals surface area contributed by atoms with Crippen LogP contribution >= 0.6 is 0 Å². The van der Waals surface area contributed by atoms with Crippen LogP contribution in [-0.2, 0) is 4.74 Å². The molecule has 1 aliphatic heterocycles. The van der Waals surface area contributed by atoms with E-state index in [1.54, 1.807) is 0 Å². The normalized spacial score (nSPS) is 20.5. The van der Waals surface area contributed by atoms with Gasteiger partial charge >= 0.3 is 0 Å². The van der Waals surface area contributed by atoms with Gasteiger partial charge in [0, 0.05) is 38.3 Å². The van der Waals surface area contributed by atoms with Gasteiger partial charge in [0.2, 0.25) is 0 Å². The van der Waals surface area contributed by atoms with Crippen LogP contribution in [-0.4, -0.2) is 49.8 Å². The molecule has 1 saturated heterocycles. The van der Waals surface area contributed by atoms with Gasteiger partial charge in [-0.1, -0.05) is 27.7 Å². The molecule has 18 heavy (non-hydrogen) atoms. The minimum atomic E-state index is 0.343. The molecule has 0 amide bonds. The van der Waals surface area contributed by atoms with Crippen molar-refractivity contribution in [1.82, 2.24) is 10.2 Å². The summed E-state index contributed by atoms with van der Waals surface area (Å²) in [5.74, 6) is 0.747. The van der Waals surface area contributed by atoms with Crippen molar-refractivity contribution in [2.75, 3.05) is 39.4 Å². The first-order valence-corrected chi connectivity index (χ1v) is 7.67. The summed E-state index contributed by atoms with van der Waals surface area (Å²) in [6.45, 7) is 15.4. The first kappa shape index (κ1) is 15.9. The molecule has 0 unspecified atom stereocenters. The summed E-state index contributed by atoms with van der Waals surface area (Å²) in [5, 5.41) is 3.70. The summed E-state index contributed by atoms with van der Waals surface area (Å²) >= 11 is 0. The van der Waals surface area contributed by atoms with Crippen LogP contribution in [0.2, 0.25) is 0 Å². The molecule has 0 aromatic heterocycles. The molecule has 3 heteroatoms. The number of hydrogen-bond donors (Lipinski definition) is 1. The van der Waals surface area contributed by atoms with Gasteiger partial charge in [-0.05, 0) is 25.2 Å². The minimum Gasteiger partial charge on any atom is -0.380 e. The van der Waals surface area contributed by atoms with Crippen molar-refractivity contribution in [2.24, 2.45) is 5.92 Å². The molecular weight excluding hydrogens is 224 g/mol. The fourth-order valence-electron chi connectivity index (χ4n) is 2.57. The van der Waals surface area contributed by atoms with Crippen molar-refractivity contribution >= 4 is 0 Å². The van der Waals surface area contributed by atoms with E-state index in [1.165, 1.54) is 25.8 Å². The Hall–Kier alpha value is -0.120. The monoisotopic (exact) mass is 256 g/mol. The van der Waals surface area contributed by atoms with Gasteiger partial charge in [-0.15, -0.1) is 0 Å². The maximum atomic E-state index is 5.72. The molecule has 0 bridgehead atoms. The highest BCUT2D eigenvalue weighted by molar-refractivity contribution is 4.92. The fourth-order valence-corrected chi connectivity index (χ4v) is 2.57. The van der Waals surface area contributed by atoms with Crippen molar-refractivity contribution in [1.29, 1.82) is 0 Å². The minimum absolute atomic E-state index is 0.343. The Morgan fingerprint density at radius 2 is 1.94 bits per heavy atom. The van der Waals surface area contributed by atoms with Gasteiger partial charge in [-0.3, -0.25) is 4.90 Å². The zero-order valence-corrected chi connectivity index (χ0v) is 12.8. The Morgan fingerprint density at radius 1 is 1.22 bits per heavy atom. The quantitative estimate of drug-likeness (QED) is 0.675. The van der Waals surface area contributed by atoms with E-state index in [1.807, 2.05) is 0 Å². The molecule has 1 heterocycles. The summed E-state index contributed by atoms with van der Waals surface area (Å²) in [7, 11) is 0. The molecule has 0 aromatic rings. The third kappa shape index (κ3) is 5.25. The lowest BCUT2D eigenvalue weighted by molar-refractivity contribution is 0.0658. The second kappa shape index (κ2) is 8.13. The lowest BCUT2D eigenvalue weighted by Gasteiger charge is -2.43. The molecule has 3 nitrogen and oxygen atoms in total. The van der Waals surface area contributed by atoms with Crippen molar-refractivity contribution in [3.05, 3.63) is 0 Å². The Labute approximate surface area is 113 Å². The highest BCUT2D eigenvalue weighted by atomic mass is 16.5. The molecule has 0 atom stereocenters. The lowest BCUT2D eigenvalue weighted by atomic mass is 9.90. The van der Waals surface area contributed by atoms with Gasteiger partial charge < -0.3 is 10.1 Å². The molecule has 0 radical (unpaired) electrons. The van der Waals surface area contributed by atoms with E-state index in [2.05, 4.69) is 37.9 Å². The molecule has 1 aliphatic rings. The molecule has 0 aromatic carbocycles. The Bertz CT molecular complexity index is 215. The van der Waals surface area contributed by atoms with Gasteiger partial charge in [-0.2, -0.15) is 0 Å². The van der Waals surface area contributed by atoms with Crippen molar-refractivity contribution in [3.63, 3.8) is 0 Å². The van der Waals surface area contributed by atoms with Crippen molar-refractivity contribution in [3.8, 4) is 0 Å². The predicted octanol–water partition coefficient (Wildman–Crippen LogP) is 2.51. The van der Waals surface area contributed by atoms with E-state index >= 15 is 0 Å². The van der Waals surface area contributed by atoms with Gasteiger partial charge in [0.1, 0.15) is 0 Å². The molecule has 0 saturated carbocycles. The zero-order valence-electron chi connectivity index (χ0n) is 12.8. The second-order valence-electron chi connectivity index (χ2n) is 5.99. The molecule has 108 valence electrons. The largest absolute Gasteiger partial charge is 0.380 e.